The van der Waals surface area contributed by atoms with Crippen LogP contribution in [0.1, 0.15) is 43.6 Å². The van der Waals surface area contributed by atoms with E-state index in [-0.39, 0.29) is 0 Å². The van der Waals surface area contributed by atoms with Crippen molar-refractivity contribution < 1.29 is 0 Å². The molecule has 0 saturated heterocycles. The highest BCUT2D eigenvalue weighted by atomic mass is 14.6. The average Bonchev–Trinajstić information content (AvgIpc) is 2.49. The first kappa shape index (κ1) is 11.5. The topological polar surface area (TPSA) is 12.9 Å². The second-order valence-electron chi connectivity index (χ2n) is 5.20. The van der Waals surface area contributed by atoms with Gasteiger partial charge in [0.2, 0.25) is 0 Å². The van der Waals surface area contributed by atoms with Crippen molar-refractivity contribution in [2.45, 2.75) is 38.0 Å². The molecule has 1 aromatic heterocycles. The lowest BCUT2D eigenvalue weighted by Gasteiger charge is -2.22. The molecule has 1 aliphatic carbocycles. The van der Waals surface area contributed by atoms with E-state index in [4.69, 9.17) is 0 Å². The molecular weight excluding hydrogens is 218 g/mol. The second-order valence-corrected chi connectivity index (χ2v) is 5.20. The first-order chi connectivity index (χ1) is 8.93. The van der Waals surface area contributed by atoms with Gasteiger partial charge in [-0.05, 0) is 41.5 Å². The van der Waals surface area contributed by atoms with Gasteiger partial charge in [-0.25, -0.2) is 0 Å². The molecule has 1 nitrogen and oxygen atoms in total. The van der Waals surface area contributed by atoms with Gasteiger partial charge in [0.25, 0.3) is 0 Å². The summed E-state index contributed by atoms with van der Waals surface area (Å²) in [4.78, 5) is 4.17. The summed E-state index contributed by atoms with van der Waals surface area (Å²) in [5, 5.41) is 0. The van der Waals surface area contributed by atoms with Gasteiger partial charge in [-0.1, -0.05) is 49.6 Å². The van der Waals surface area contributed by atoms with Crippen LogP contribution in [-0.2, 0) is 0 Å². The van der Waals surface area contributed by atoms with E-state index in [2.05, 4.69) is 35.3 Å². The Labute approximate surface area is 109 Å². The van der Waals surface area contributed by atoms with Crippen LogP contribution in [0.4, 0.5) is 0 Å². The molecule has 0 aliphatic heterocycles. The van der Waals surface area contributed by atoms with Gasteiger partial charge < -0.3 is 0 Å². The molecule has 0 atom stereocenters. The maximum absolute atomic E-state index is 4.17. The number of hydrogen-bond donors (Lipinski definition) is 0. The lowest BCUT2D eigenvalue weighted by molar-refractivity contribution is 0.443. The maximum atomic E-state index is 4.17. The molecule has 2 aromatic rings. The highest BCUT2D eigenvalue weighted by molar-refractivity contribution is 5.62. The van der Waals surface area contributed by atoms with Crippen LogP contribution >= 0.6 is 0 Å². The number of aromatic nitrogens is 1. The van der Waals surface area contributed by atoms with Gasteiger partial charge in [-0.15, -0.1) is 0 Å². The number of rotatable bonds is 2. The predicted molar refractivity (Wildman–Crippen MR) is 75.5 cm³/mol. The van der Waals surface area contributed by atoms with Crippen LogP contribution in [0.2, 0.25) is 0 Å². The number of benzene rings is 1. The SMILES string of the molecule is c1cncc(-c2ccc(C3CCCCC3)cc2)c1. The normalized spacial score (nSPS) is 16.7. The van der Waals surface area contributed by atoms with Crippen LogP contribution in [-0.4, -0.2) is 4.98 Å². The molecule has 18 heavy (non-hydrogen) atoms. The molecule has 1 aromatic carbocycles. The van der Waals surface area contributed by atoms with Crippen molar-refractivity contribution in [3.63, 3.8) is 0 Å². The smallest absolute Gasteiger partial charge is 0.0346 e. The number of nitrogens with zero attached hydrogens (tertiary/aromatic N) is 1. The lowest BCUT2D eigenvalue weighted by Crippen LogP contribution is -2.04. The van der Waals surface area contributed by atoms with Gasteiger partial charge in [0.1, 0.15) is 0 Å². The van der Waals surface area contributed by atoms with Gasteiger partial charge in [0, 0.05) is 12.4 Å². The van der Waals surface area contributed by atoms with Crippen molar-refractivity contribution in [3.05, 3.63) is 54.4 Å². The first-order valence-corrected chi connectivity index (χ1v) is 6.94. The van der Waals surface area contributed by atoms with Gasteiger partial charge in [-0.3, -0.25) is 4.98 Å². The minimum absolute atomic E-state index is 0.793. The number of hydrogen-bond acceptors (Lipinski definition) is 1. The summed E-state index contributed by atoms with van der Waals surface area (Å²) in [6.07, 6.45) is 10.7. The van der Waals surface area contributed by atoms with E-state index in [0.717, 1.165) is 5.92 Å². The standard InChI is InChI=1S/C17H19N/c1-2-5-14(6-3-1)15-8-10-16(11-9-15)17-7-4-12-18-13-17/h4,7-14H,1-3,5-6H2. The molecule has 1 aliphatic rings. The Bertz CT molecular complexity index is 481. The van der Waals surface area contributed by atoms with Gasteiger partial charge in [0.15, 0.2) is 0 Å². The molecule has 0 spiro atoms. The largest absolute Gasteiger partial charge is 0.264 e. The summed E-state index contributed by atoms with van der Waals surface area (Å²) in [6.45, 7) is 0. The van der Waals surface area contributed by atoms with E-state index >= 15 is 0 Å². The fraction of sp³-hybridized carbons (Fsp3) is 0.353. The summed E-state index contributed by atoms with van der Waals surface area (Å²) in [6, 6.07) is 13.2. The molecule has 1 saturated carbocycles. The predicted octanol–water partition coefficient (Wildman–Crippen LogP) is 4.80. The van der Waals surface area contributed by atoms with Crippen molar-refractivity contribution in [3.8, 4) is 11.1 Å². The molecule has 1 fully saturated rings. The Morgan fingerprint density at radius 2 is 1.61 bits per heavy atom. The Morgan fingerprint density at radius 1 is 0.833 bits per heavy atom. The lowest BCUT2D eigenvalue weighted by atomic mass is 9.84. The molecule has 0 N–H and O–H groups in total. The van der Waals surface area contributed by atoms with Crippen molar-refractivity contribution in [2.24, 2.45) is 0 Å². The zero-order chi connectivity index (χ0) is 12.2. The van der Waals surface area contributed by atoms with E-state index in [1.54, 1.807) is 0 Å². The van der Waals surface area contributed by atoms with E-state index in [1.165, 1.54) is 48.8 Å². The summed E-state index contributed by atoms with van der Waals surface area (Å²) in [5.41, 5.74) is 3.98. The maximum Gasteiger partial charge on any atom is 0.0346 e. The van der Waals surface area contributed by atoms with Crippen molar-refractivity contribution in [2.75, 3.05) is 0 Å². The summed E-state index contributed by atoms with van der Waals surface area (Å²) in [7, 11) is 0. The molecule has 0 amide bonds. The first-order valence-electron chi connectivity index (χ1n) is 6.94. The van der Waals surface area contributed by atoms with Crippen LogP contribution in [0.5, 0.6) is 0 Å². The Kier molecular flexibility index (Phi) is 3.40. The minimum atomic E-state index is 0.793. The zero-order valence-electron chi connectivity index (χ0n) is 10.7. The average molecular weight is 237 g/mol. The summed E-state index contributed by atoms with van der Waals surface area (Å²) >= 11 is 0. The minimum Gasteiger partial charge on any atom is -0.264 e. The van der Waals surface area contributed by atoms with Crippen molar-refractivity contribution in [1.29, 1.82) is 0 Å². The molecule has 0 bridgehead atoms. The van der Waals surface area contributed by atoms with E-state index in [9.17, 15) is 0 Å². The van der Waals surface area contributed by atoms with E-state index < -0.39 is 0 Å². The van der Waals surface area contributed by atoms with Gasteiger partial charge >= 0.3 is 0 Å². The van der Waals surface area contributed by atoms with E-state index in [1.807, 2.05) is 18.5 Å². The highest BCUT2D eigenvalue weighted by Crippen LogP contribution is 2.33. The molecule has 1 heteroatoms. The van der Waals surface area contributed by atoms with Crippen molar-refractivity contribution >= 4 is 0 Å². The summed E-state index contributed by atoms with van der Waals surface area (Å²) in [5.74, 6) is 0.793. The molecule has 0 unspecified atom stereocenters. The fourth-order valence-electron chi connectivity index (χ4n) is 2.92. The summed E-state index contributed by atoms with van der Waals surface area (Å²) < 4.78 is 0. The molecule has 0 radical (unpaired) electrons. The zero-order valence-corrected chi connectivity index (χ0v) is 10.7. The Morgan fingerprint density at radius 3 is 2.28 bits per heavy atom. The Balaban J connectivity index is 1.80. The molecule has 1 heterocycles. The molecule has 3 rings (SSSR count). The van der Waals surface area contributed by atoms with Gasteiger partial charge in [-0.2, -0.15) is 0 Å². The van der Waals surface area contributed by atoms with Crippen molar-refractivity contribution in [1.82, 2.24) is 4.98 Å². The third kappa shape index (κ3) is 2.45. The third-order valence-corrected chi connectivity index (χ3v) is 3.98. The second kappa shape index (κ2) is 5.34. The fourth-order valence-corrected chi connectivity index (χ4v) is 2.92. The highest BCUT2D eigenvalue weighted by Gasteiger charge is 2.15. The third-order valence-electron chi connectivity index (χ3n) is 3.98. The van der Waals surface area contributed by atoms with Crippen LogP contribution in [0.3, 0.4) is 0 Å². The molecule has 92 valence electrons. The monoisotopic (exact) mass is 237 g/mol. The van der Waals surface area contributed by atoms with Crippen LogP contribution < -0.4 is 0 Å². The van der Waals surface area contributed by atoms with Crippen LogP contribution in [0.15, 0.2) is 48.8 Å². The quantitative estimate of drug-likeness (QED) is 0.731. The molecular formula is C17H19N. The van der Waals surface area contributed by atoms with Crippen LogP contribution in [0.25, 0.3) is 11.1 Å². The van der Waals surface area contributed by atoms with Gasteiger partial charge in [0.05, 0.1) is 0 Å². The van der Waals surface area contributed by atoms with E-state index in [0.29, 0.717) is 0 Å². The number of pyridine rings is 1. The Hall–Kier alpha value is -1.63. The van der Waals surface area contributed by atoms with Crippen LogP contribution in [0, 0.1) is 0 Å².